The minimum absolute atomic E-state index is 0.0582. The van der Waals surface area contributed by atoms with Crippen LogP contribution in [0.15, 0.2) is 42.5 Å². The zero-order chi connectivity index (χ0) is 19.5. The summed E-state index contributed by atoms with van der Waals surface area (Å²) in [7, 11) is 0. The number of ether oxygens (including phenoxy) is 1. The van der Waals surface area contributed by atoms with Crippen molar-refractivity contribution in [2.24, 2.45) is 5.92 Å². The number of amides is 1. The number of benzene rings is 2. The van der Waals surface area contributed by atoms with Crippen molar-refractivity contribution in [1.29, 1.82) is 0 Å². The number of aromatic nitrogens is 2. The maximum absolute atomic E-state index is 12.7. The second-order valence-electron chi connectivity index (χ2n) is 7.93. The number of imidazole rings is 1. The maximum Gasteiger partial charge on any atom is 0.220 e. The Morgan fingerprint density at radius 3 is 2.93 bits per heavy atom. The smallest absolute Gasteiger partial charge is 0.220 e. The molecule has 0 fully saturated rings. The Morgan fingerprint density at radius 1 is 1.25 bits per heavy atom. The summed E-state index contributed by atoms with van der Waals surface area (Å²) < 4.78 is 5.55. The zero-order valence-corrected chi connectivity index (χ0v) is 16.5. The molecule has 1 aliphatic rings. The zero-order valence-electron chi connectivity index (χ0n) is 16.5. The van der Waals surface area contributed by atoms with Crippen LogP contribution in [0.3, 0.4) is 0 Å². The number of rotatable bonds is 7. The number of aromatic amines is 1. The molecule has 0 aliphatic carbocycles. The fourth-order valence-electron chi connectivity index (χ4n) is 3.77. The van der Waals surface area contributed by atoms with Gasteiger partial charge in [0, 0.05) is 12.8 Å². The van der Waals surface area contributed by atoms with Gasteiger partial charge >= 0.3 is 0 Å². The predicted molar refractivity (Wildman–Crippen MR) is 110 cm³/mol. The van der Waals surface area contributed by atoms with Crippen molar-refractivity contribution in [3.8, 4) is 5.75 Å². The molecule has 28 heavy (non-hydrogen) atoms. The number of carbonyl (C=O) groups excluding carboxylic acids is 1. The summed E-state index contributed by atoms with van der Waals surface area (Å²) in [4.78, 5) is 20.7. The highest BCUT2D eigenvalue weighted by Gasteiger charge is 2.20. The monoisotopic (exact) mass is 377 g/mol. The van der Waals surface area contributed by atoms with Crippen LogP contribution in [0.25, 0.3) is 11.0 Å². The van der Waals surface area contributed by atoms with E-state index in [1.165, 1.54) is 11.1 Å². The molecule has 1 aliphatic heterocycles. The van der Waals surface area contributed by atoms with Crippen molar-refractivity contribution in [3.63, 3.8) is 0 Å². The number of aryl methyl sites for hydroxylation is 1. The van der Waals surface area contributed by atoms with Gasteiger partial charge < -0.3 is 15.0 Å². The van der Waals surface area contributed by atoms with E-state index >= 15 is 0 Å². The summed E-state index contributed by atoms with van der Waals surface area (Å²) in [5, 5.41) is 3.19. The molecule has 1 atom stereocenters. The molecule has 3 aromatic rings. The molecular formula is C23H27N3O2. The molecule has 2 heterocycles. The average molecular weight is 377 g/mol. The molecule has 2 N–H and O–H groups in total. The van der Waals surface area contributed by atoms with Gasteiger partial charge in [0.05, 0.1) is 23.7 Å². The number of hydrogen-bond donors (Lipinski definition) is 2. The third kappa shape index (κ3) is 4.19. The third-order valence-electron chi connectivity index (χ3n) is 5.17. The molecule has 146 valence electrons. The van der Waals surface area contributed by atoms with Crippen LogP contribution in [0.5, 0.6) is 5.75 Å². The lowest BCUT2D eigenvalue weighted by Crippen LogP contribution is -2.30. The summed E-state index contributed by atoms with van der Waals surface area (Å²) in [6, 6.07) is 14.1. The highest BCUT2D eigenvalue weighted by molar-refractivity contribution is 5.77. The van der Waals surface area contributed by atoms with E-state index in [2.05, 4.69) is 36.3 Å². The Kier molecular flexibility index (Phi) is 5.33. The molecule has 4 rings (SSSR count). The van der Waals surface area contributed by atoms with Crippen LogP contribution in [0.1, 0.15) is 49.7 Å². The lowest BCUT2D eigenvalue weighted by Gasteiger charge is -2.19. The quantitative estimate of drug-likeness (QED) is 0.644. The Bertz CT molecular complexity index is 944. The van der Waals surface area contributed by atoms with Crippen LogP contribution in [0.4, 0.5) is 0 Å². The first-order valence-electron chi connectivity index (χ1n) is 10.1. The van der Waals surface area contributed by atoms with E-state index in [1.807, 2.05) is 30.3 Å². The maximum atomic E-state index is 12.7. The fourth-order valence-corrected chi connectivity index (χ4v) is 3.77. The number of H-pyrrole nitrogens is 1. The molecule has 1 aromatic heterocycles. The standard InChI is InChI=1S/C23H27N3O2/c1-15(2)13-20(23-25-18-5-3-4-6-19(18)26-23)24-22(27)10-8-16-7-9-21-17(14-16)11-12-28-21/h3-7,9,14-15,20H,8,10-13H2,1-2H3,(H,24,27)(H,25,26)/t20-/m1/s1. The normalized spacial score (nSPS) is 14.1. The largest absolute Gasteiger partial charge is 0.493 e. The van der Waals surface area contributed by atoms with E-state index < -0.39 is 0 Å². The first-order chi connectivity index (χ1) is 13.6. The second-order valence-corrected chi connectivity index (χ2v) is 7.93. The highest BCUT2D eigenvalue weighted by Crippen LogP contribution is 2.26. The van der Waals surface area contributed by atoms with E-state index in [1.54, 1.807) is 0 Å². The number of para-hydroxylation sites is 2. The minimum atomic E-state index is -0.103. The molecule has 2 aromatic carbocycles. The lowest BCUT2D eigenvalue weighted by atomic mass is 10.0. The van der Waals surface area contributed by atoms with Crippen LogP contribution in [-0.2, 0) is 17.6 Å². The molecule has 0 saturated heterocycles. The first-order valence-corrected chi connectivity index (χ1v) is 10.1. The van der Waals surface area contributed by atoms with Crippen LogP contribution < -0.4 is 10.1 Å². The van der Waals surface area contributed by atoms with E-state index in [9.17, 15) is 4.79 Å². The molecule has 1 amide bonds. The van der Waals surface area contributed by atoms with Gasteiger partial charge in [-0.1, -0.05) is 38.1 Å². The SMILES string of the molecule is CC(C)C[C@@H](NC(=O)CCc1ccc2c(c1)CCO2)c1nc2ccccc2[nH]1. The van der Waals surface area contributed by atoms with Crippen molar-refractivity contribution in [2.75, 3.05) is 6.61 Å². The highest BCUT2D eigenvalue weighted by atomic mass is 16.5. The number of fused-ring (bicyclic) bond motifs is 2. The summed E-state index contributed by atoms with van der Waals surface area (Å²) in [6.45, 7) is 5.08. The van der Waals surface area contributed by atoms with Crippen molar-refractivity contribution in [3.05, 3.63) is 59.4 Å². The minimum Gasteiger partial charge on any atom is -0.493 e. The predicted octanol–water partition coefficient (Wildman–Crippen LogP) is 4.33. The Labute approximate surface area is 165 Å². The molecule has 0 unspecified atom stereocenters. The fraction of sp³-hybridized carbons (Fsp3) is 0.391. The summed E-state index contributed by atoms with van der Waals surface area (Å²) >= 11 is 0. The van der Waals surface area contributed by atoms with E-state index in [0.717, 1.165) is 48.5 Å². The molecular weight excluding hydrogens is 350 g/mol. The lowest BCUT2D eigenvalue weighted by molar-refractivity contribution is -0.122. The van der Waals surface area contributed by atoms with Gasteiger partial charge in [0.2, 0.25) is 5.91 Å². The van der Waals surface area contributed by atoms with Crippen LogP contribution in [0.2, 0.25) is 0 Å². The second kappa shape index (κ2) is 8.05. The Hall–Kier alpha value is -2.82. The Morgan fingerprint density at radius 2 is 2.11 bits per heavy atom. The first kappa shape index (κ1) is 18.5. The Balaban J connectivity index is 1.42. The average Bonchev–Trinajstić information content (AvgIpc) is 3.31. The van der Waals surface area contributed by atoms with E-state index in [4.69, 9.17) is 9.72 Å². The summed E-state index contributed by atoms with van der Waals surface area (Å²) in [5.74, 6) is 2.33. The van der Waals surface area contributed by atoms with Crippen molar-refractivity contribution < 1.29 is 9.53 Å². The van der Waals surface area contributed by atoms with Crippen molar-refractivity contribution >= 4 is 16.9 Å². The molecule has 5 nitrogen and oxygen atoms in total. The van der Waals surface area contributed by atoms with Crippen molar-refractivity contribution in [2.45, 2.75) is 45.6 Å². The van der Waals surface area contributed by atoms with Crippen molar-refractivity contribution in [1.82, 2.24) is 15.3 Å². The molecule has 0 spiro atoms. The van der Waals surface area contributed by atoms with Crippen LogP contribution >= 0.6 is 0 Å². The van der Waals surface area contributed by atoms with Crippen LogP contribution in [0, 0.1) is 5.92 Å². The molecule has 0 saturated carbocycles. The number of carbonyl (C=O) groups is 1. The van der Waals surface area contributed by atoms with E-state index in [0.29, 0.717) is 12.3 Å². The third-order valence-corrected chi connectivity index (χ3v) is 5.17. The summed E-state index contributed by atoms with van der Waals surface area (Å²) in [6.07, 6.45) is 3.00. The van der Waals surface area contributed by atoms with Crippen LogP contribution in [-0.4, -0.2) is 22.5 Å². The number of nitrogens with zero attached hydrogens (tertiary/aromatic N) is 1. The number of nitrogens with one attached hydrogen (secondary N) is 2. The van der Waals surface area contributed by atoms with Gasteiger partial charge in [-0.05, 0) is 48.1 Å². The molecule has 0 bridgehead atoms. The van der Waals surface area contributed by atoms with Gasteiger partial charge in [-0.3, -0.25) is 4.79 Å². The topological polar surface area (TPSA) is 67.0 Å². The number of hydrogen-bond acceptors (Lipinski definition) is 3. The van der Waals surface area contributed by atoms with Gasteiger partial charge in [0.1, 0.15) is 11.6 Å². The van der Waals surface area contributed by atoms with E-state index in [-0.39, 0.29) is 11.9 Å². The van der Waals surface area contributed by atoms with Gasteiger partial charge in [-0.2, -0.15) is 0 Å². The summed E-state index contributed by atoms with van der Waals surface area (Å²) in [5.41, 5.74) is 4.36. The van der Waals surface area contributed by atoms with Gasteiger partial charge in [-0.15, -0.1) is 0 Å². The van der Waals surface area contributed by atoms with Gasteiger partial charge in [0.15, 0.2) is 0 Å². The van der Waals surface area contributed by atoms with Gasteiger partial charge in [0.25, 0.3) is 0 Å². The molecule has 5 heteroatoms. The van der Waals surface area contributed by atoms with Gasteiger partial charge in [-0.25, -0.2) is 4.98 Å². The molecule has 0 radical (unpaired) electrons.